The monoisotopic (exact) mass is 704 g/mol. The van der Waals surface area contributed by atoms with Crippen LogP contribution < -0.4 is 19.3 Å². The fourth-order valence-electron chi connectivity index (χ4n) is 5.55. The fraction of sp³-hybridized carbons (Fsp3) is 0.200. The van der Waals surface area contributed by atoms with Crippen molar-refractivity contribution in [3.63, 3.8) is 0 Å². The first kappa shape index (κ1) is 34.8. The summed E-state index contributed by atoms with van der Waals surface area (Å²) < 4.78 is 12.1. The standard InChI is InChI=1S/C40H36N2O6S2/c1-4-23-49-24-25-50-35-26-38(45)42(39(35)46)30-11-19-34(20-12-30)48-32-15-7-28(8-16-32)40(2,3)27-5-13-31(14-6-27)47-33-17-9-29(10-18-33)41-36(43)21-22-37(41)44/h5-22,26H,4,23-25H2,1-3H3. The SMILES string of the molecule is CCCSCCSC1=CC(=O)N(c2ccc(Oc3ccc(C(C)(C)c4ccc(Oc5ccc(N6C(=O)C=CC6=O)cc5)cc4)cc3)cc2)C1=O. The van der Waals surface area contributed by atoms with Gasteiger partial charge in [0, 0.05) is 35.1 Å². The van der Waals surface area contributed by atoms with Crippen LogP contribution in [0.15, 0.2) is 120 Å². The summed E-state index contributed by atoms with van der Waals surface area (Å²) in [6.07, 6.45) is 5.06. The van der Waals surface area contributed by atoms with Crippen LogP contribution in [0.2, 0.25) is 0 Å². The summed E-state index contributed by atoms with van der Waals surface area (Å²) in [7, 11) is 0. The van der Waals surface area contributed by atoms with Gasteiger partial charge in [-0.2, -0.15) is 11.8 Å². The van der Waals surface area contributed by atoms with Gasteiger partial charge in [0.25, 0.3) is 23.6 Å². The molecule has 0 aromatic heterocycles. The van der Waals surface area contributed by atoms with Gasteiger partial charge < -0.3 is 9.47 Å². The van der Waals surface area contributed by atoms with Crippen molar-refractivity contribution in [3.05, 3.63) is 131 Å². The van der Waals surface area contributed by atoms with E-state index in [1.807, 2.05) is 60.3 Å². The summed E-state index contributed by atoms with van der Waals surface area (Å²) in [5.74, 6) is 4.00. The minimum absolute atomic E-state index is 0.283. The van der Waals surface area contributed by atoms with Crippen molar-refractivity contribution in [1.29, 1.82) is 0 Å². The van der Waals surface area contributed by atoms with Crippen LogP contribution in [0.5, 0.6) is 23.0 Å². The Labute approximate surface area is 300 Å². The third kappa shape index (κ3) is 7.72. The maximum absolute atomic E-state index is 12.9. The average Bonchev–Trinajstić information content (AvgIpc) is 3.61. The largest absolute Gasteiger partial charge is 0.457 e. The van der Waals surface area contributed by atoms with Crippen LogP contribution in [-0.2, 0) is 24.6 Å². The molecule has 0 radical (unpaired) electrons. The molecule has 4 aromatic rings. The van der Waals surface area contributed by atoms with Crippen LogP contribution >= 0.6 is 23.5 Å². The van der Waals surface area contributed by atoms with Crippen molar-refractivity contribution < 1.29 is 28.7 Å². The van der Waals surface area contributed by atoms with Gasteiger partial charge in [-0.15, -0.1) is 11.8 Å². The molecule has 254 valence electrons. The third-order valence-electron chi connectivity index (χ3n) is 8.35. The highest BCUT2D eigenvalue weighted by atomic mass is 32.2. The Balaban J connectivity index is 1.03. The zero-order valence-corrected chi connectivity index (χ0v) is 29.6. The molecule has 0 saturated carbocycles. The molecule has 0 N–H and O–H groups in total. The Hall–Kier alpha value is -5.06. The molecule has 0 aliphatic carbocycles. The van der Waals surface area contributed by atoms with Gasteiger partial charge >= 0.3 is 0 Å². The lowest BCUT2D eigenvalue weighted by Crippen LogP contribution is -2.30. The van der Waals surface area contributed by atoms with E-state index < -0.39 is 0 Å². The van der Waals surface area contributed by atoms with Crippen molar-refractivity contribution in [1.82, 2.24) is 0 Å². The molecule has 10 heteroatoms. The Morgan fingerprint density at radius 1 is 0.560 bits per heavy atom. The first-order valence-corrected chi connectivity index (χ1v) is 18.4. The molecule has 50 heavy (non-hydrogen) atoms. The van der Waals surface area contributed by atoms with E-state index in [9.17, 15) is 19.2 Å². The van der Waals surface area contributed by atoms with Crippen molar-refractivity contribution in [3.8, 4) is 23.0 Å². The molecule has 0 spiro atoms. The molecule has 0 fully saturated rings. The molecule has 6 rings (SSSR count). The number of hydrogen-bond donors (Lipinski definition) is 0. The lowest BCUT2D eigenvalue weighted by Gasteiger charge is -2.26. The molecule has 2 aliphatic heterocycles. The molecule has 0 atom stereocenters. The lowest BCUT2D eigenvalue weighted by molar-refractivity contribution is -0.121. The molecule has 2 aliphatic rings. The van der Waals surface area contributed by atoms with Crippen molar-refractivity contribution in [2.45, 2.75) is 32.6 Å². The Morgan fingerprint density at radius 2 is 1.00 bits per heavy atom. The second-order valence-electron chi connectivity index (χ2n) is 12.2. The van der Waals surface area contributed by atoms with Crippen LogP contribution in [0.3, 0.4) is 0 Å². The molecule has 0 bridgehead atoms. The summed E-state index contributed by atoms with van der Waals surface area (Å²) in [6, 6.07) is 29.6. The number of benzene rings is 4. The highest BCUT2D eigenvalue weighted by Gasteiger charge is 2.32. The number of carbonyl (C=O) groups is 4. The van der Waals surface area contributed by atoms with Gasteiger partial charge in [-0.1, -0.05) is 45.0 Å². The number of carbonyl (C=O) groups excluding carboxylic acids is 4. The van der Waals surface area contributed by atoms with Crippen LogP contribution in [0, 0.1) is 0 Å². The molecule has 4 aromatic carbocycles. The zero-order chi connectivity index (χ0) is 35.3. The number of rotatable bonds is 14. The smallest absolute Gasteiger partial charge is 0.271 e. The van der Waals surface area contributed by atoms with E-state index in [4.69, 9.17) is 9.47 Å². The Morgan fingerprint density at radius 3 is 1.46 bits per heavy atom. The molecule has 4 amide bonds. The maximum atomic E-state index is 12.9. The van der Waals surface area contributed by atoms with Gasteiger partial charge in [0.05, 0.1) is 16.3 Å². The summed E-state index contributed by atoms with van der Waals surface area (Å²) in [5.41, 5.74) is 2.89. The van der Waals surface area contributed by atoms with E-state index >= 15 is 0 Å². The number of nitrogens with zero attached hydrogens (tertiary/aromatic N) is 2. The van der Waals surface area contributed by atoms with E-state index in [2.05, 4.69) is 20.8 Å². The van der Waals surface area contributed by atoms with Gasteiger partial charge in [0.2, 0.25) is 0 Å². The molecular formula is C40H36N2O6S2. The summed E-state index contributed by atoms with van der Waals surface area (Å²) in [5, 5.41) is 0. The number of ether oxygens (including phenoxy) is 2. The van der Waals surface area contributed by atoms with E-state index in [0.717, 1.165) is 39.7 Å². The lowest BCUT2D eigenvalue weighted by atomic mass is 9.78. The van der Waals surface area contributed by atoms with Crippen LogP contribution in [0.4, 0.5) is 11.4 Å². The van der Waals surface area contributed by atoms with Crippen molar-refractivity contribution in [2.75, 3.05) is 27.1 Å². The van der Waals surface area contributed by atoms with E-state index in [1.54, 1.807) is 48.5 Å². The van der Waals surface area contributed by atoms with Crippen LogP contribution in [0.1, 0.15) is 38.3 Å². The normalized spacial score (nSPS) is 14.5. The maximum Gasteiger partial charge on any atom is 0.271 e. The fourth-order valence-corrected chi connectivity index (χ4v) is 7.47. The highest BCUT2D eigenvalue weighted by molar-refractivity contribution is 8.06. The first-order valence-electron chi connectivity index (χ1n) is 16.3. The molecule has 0 saturated heterocycles. The number of amides is 4. The van der Waals surface area contributed by atoms with Gasteiger partial charge in [0.1, 0.15) is 23.0 Å². The predicted molar refractivity (Wildman–Crippen MR) is 200 cm³/mol. The second kappa shape index (κ2) is 15.2. The topological polar surface area (TPSA) is 93.2 Å². The van der Waals surface area contributed by atoms with Gasteiger partial charge in [-0.05, 0) is 96.1 Å². The quantitative estimate of drug-likeness (QED) is 0.0952. The van der Waals surface area contributed by atoms with E-state index in [1.165, 1.54) is 34.9 Å². The third-order valence-corrected chi connectivity index (χ3v) is 10.8. The molecule has 0 unspecified atom stereocenters. The van der Waals surface area contributed by atoms with Crippen molar-refractivity contribution >= 4 is 58.5 Å². The highest BCUT2D eigenvalue weighted by Crippen LogP contribution is 2.36. The second-order valence-corrected chi connectivity index (χ2v) is 14.5. The summed E-state index contributed by atoms with van der Waals surface area (Å²) in [6.45, 7) is 6.44. The number of imide groups is 2. The zero-order valence-electron chi connectivity index (χ0n) is 28.0. The minimum atomic E-state index is -0.361. The van der Waals surface area contributed by atoms with Gasteiger partial charge in [-0.25, -0.2) is 9.80 Å². The minimum Gasteiger partial charge on any atom is -0.457 e. The summed E-state index contributed by atoms with van der Waals surface area (Å²) >= 11 is 3.29. The molecular weight excluding hydrogens is 669 g/mol. The summed E-state index contributed by atoms with van der Waals surface area (Å²) in [4.78, 5) is 52.2. The molecule has 8 nitrogen and oxygen atoms in total. The average molecular weight is 705 g/mol. The molecule has 2 heterocycles. The number of anilines is 2. The van der Waals surface area contributed by atoms with Crippen LogP contribution in [-0.4, -0.2) is 40.9 Å². The van der Waals surface area contributed by atoms with Crippen molar-refractivity contribution in [2.24, 2.45) is 0 Å². The first-order chi connectivity index (χ1) is 24.1. The predicted octanol–water partition coefficient (Wildman–Crippen LogP) is 8.66. The van der Waals surface area contributed by atoms with Gasteiger partial charge in [0.15, 0.2) is 0 Å². The van der Waals surface area contributed by atoms with E-state index in [0.29, 0.717) is 39.3 Å². The Bertz CT molecular complexity index is 1930. The number of thioether (sulfide) groups is 2. The Kier molecular flexibility index (Phi) is 10.6. The van der Waals surface area contributed by atoms with E-state index in [-0.39, 0.29) is 29.0 Å². The van der Waals surface area contributed by atoms with Crippen LogP contribution in [0.25, 0.3) is 0 Å². The number of hydrogen-bond acceptors (Lipinski definition) is 8. The van der Waals surface area contributed by atoms with Gasteiger partial charge in [-0.3, -0.25) is 19.2 Å².